The summed E-state index contributed by atoms with van der Waals surface area (Å²) < 4.78 is 8.31. The first-order valence-corrected chi connectivity index (χ1v) is 9.29. The van der Waals surface area contributed by atoms with Crippen LogP contribution in [0.4, 0.5) is 5.69 Å². The summed E-state index contributed by atoms with van der Waals surface area (Å²) in [7, 11) is 5.03. The van der Waals surface area contributed by atoms with Crippen LogP contribution >= 0.6 is 0 Å². The maximum absolute atomic E-state index is 12.8. The maximum Gasteiger partial charge on any atom is 0.328 e. The van der Waals surface area contributed by atoms with Crippen molar-refractivity contribution in [3.63, 3.8) is 0 Å². The normalized spacial score (nSPS) is 16.8. The highest BCUT2D eigenvalue weighted by Crippen LogP contribution is 2.25. The van der Waals surface area contributed by atoms with E-state index < -0.39 is 6.04 Å². The molecule has 1 N–H and O–H groups in total. The molecule has 8 heteroatoms. The van der Waals surface area contributed by atoms with E-state index >= 15 is 0 Å². The topological polar surface area (TPSA) is 85.6 Å². The van der Waals surface area contributed by atoms with Crippen LogP contribution in [-0.2, 0) is 30.2 Å². The van der Waals surface area contributed by atoms with Crippen molar-refractivity contribution >= 4 is 28.5 Å². The van der Waals surface area contributed by atoms with Gasteiger partial charge in [-0.3, -0.25) is 18.7 Å². The fourth-order valence-corrected chi connectivity index (χ4v) is 3.70. The van der Waals surface area contributed by atoms with Crippen LogP contribution in [0.2, 0.25) is 0 Å². The number of imidazole rings is 1. The molecule has 0 saturated carbocycles. The number of nitrogens with one attached hydrogen (secondary N) is 1. The van der Waals surface area contributed by atoms with Crippen LogP contribution in [0.15, 0.2) is 47.3 Å². The molecule has 3 aromatic rings. The number of amides is 2. The van der Waals surface area contributed by atoms with Crippen LogP contribution in [-0.4, -0.2) is 34.1 Å². The van der Waals surface area contributed by atoms with E-state index in [4.69, 9.17) is 4.74 Å². The van der Waals surface area contributed by atoms with E-state index in [-0.39, 0.29) is 23.9 Å². The number of imide groups is 1. The van der Waals surface area contributed by atoms with Gasteiger partial charge in [0.05, 0.1) is 36.3 Å². The third-order valence-corrected chi connectivity index (χ3v) is 5.37. The first kappa shape index (κ1) is 18.9. The van der Waals surface area contributed by atoms with Crippen molar-refractivity contribution < 1.29 is 14.3 Å². The number of carbonyl (C=O) groups is 2. The summed E-state index contributed by atoms with van der Waals surface area (Å²) in [4.78, 5) is 38.5. The molecule has 2 heterocycles. The minimum Gasteiger partial charge on any atom is -0.497 e. The van der Waals surface area contributed by atoms with E-state index in [9.17, 15) is 14.4 Å². The number of ether oxygens (including phenoxy) is 1. The molecular formula is C21H22N4O4. The summed E-state index contributed by atoms with van der Waals surface area (Å²) in [5.41, 5.74) is 3.05. The third kappa shape index (κ3) is 3.21. The number of fused-ring (bicyclic) bond motifs is 1. The van der Waals surface area contributed by atoms with E-state index in [2.05, 4.69) is 5.32 Å². The van der Waals surface area contributed by atoms with Gasteiger partial charge >= 0.3 is 5.69 Å². The van der Waals surface area contributed by atoms with Gasteiger partial charge in [-0.1, -0.05) is 6.07 Å². The van der Waals surface area contributed by atoms with Crippen molar-refractivity contribution in [1.82, 2.24) is 14.5 Å². The van der Waals surface area contributed by atoms with E-state index in [1.165, 1.54) is 4.90 Å². The van der Waals surface area contributed by atoms with Crippen LogP contribution in [0.3, 0.4) is 0 Å². The molecule has 0 aliphatic carbocycles. The first-order valence-electron chi connectivity index (χ1n) is 9.29. The van der Waals surface area contributed by atoms with E-state index in [0.29, 0.717) is 18.0 Å². The molecule has 2 amide bonds. The Balaban J connectivity index is 1.49. The molecule has 0 spiro atoms. The highest BCUT2D eigenvalue weighted by atomic mass is 16.5. The fraction of sp³-hybridized carbons (Fsp3) is 0.286. The average Bonchev–Trinajstić information content (AvgIpc) is 3.14. The zero-order valence-corrected chi connectivity index (χ0v) is 16.5. The Bertz CT molecular complexity index is 1160. The van der Waals surface area contributed by atoms with E-state index in [0.717, 1.165) is 16.6 Å². The molecule has 0 unspecified atom stereocenters. The number of rotatable bonds is 5. The van der Waals surface area contributed by atoms with E-state index in [1.54, 1.807) is 54.6 Å². The van der Waals surface area contributed by atoms with Crippen molar-refractivity contribution in [2.75, 3.05) is 12.0 Å². The van der Waals surface area contributed by atoms with Crippen molar-refractivity contribution in [3.8, 4) is 5.75 Å². The van der Waals surface area contributed by atoms with Gasteiger partial charge in [0.1, 0.15) is 5.75 Å². The lowest BCUT2D eigenvalue weighted by Gasteiger charge is -2.16. The van der Waals surface area contributed by atoms with Crippen LogP contribution in [0.5, 0.6) is 5.75 Å². The number of hydrogen-bond donors (Lipinski definition) is 1. The third-order valence-electron chi connectivity index (χ3n) is 5.37. The van der Waals surface area contributed by atoms with Gasteiger partial charge in [0, 0.05) is 20.6 Å². The zero-order valence-electron chi connectivity index (χ0n) is 16.5. The van der Waals surface area contributed by atoms with Crippen molar-refractivity contribution in [2.24, 2.45) is 14.1 Å². The fourth-order valence-electron chi connectivity index (χ4n) is 3.70. The first-order chi connectivity index (χ1) is 13.9. The minimum absolute atomic E-state index is 0.0863. The molecule has 29 heavy (non-hydrogen) atoms. The molecule has 1 fully saturated rings. The van der Waals surface area contributed by atoms with Crippen LogP contribution in [0.1, 0.15) is 12.0 Å². The lowest BCUT2D eigenvalue weighted by Crippen LogP contribution is -2.38. The molecule has 150 valence electrons. The van der Waals surface area contributed by atoms with Gasteiger partial charge in [0.15, 0.2) is 0 Å². The number of carbonyl (C=O) groups excluding carboxylic acids is 2. The second-order valence-electron chi connectivity index (χ2n) is 7.13. The summed E-state index contributed by atoms with van der Waals surface area (Å²) in [6.45, 7) is 0.416. The van der Waals surface area contributed by atoms with Crippen LogP contribution in [0, 0.1) is 0 Å². The molecule has 1 saturated heterocycles. The summed E-state index contributed by atoms with van der Waals surface area (Å²) in [5, 5.41) is 3.18. The van der Waals surface area contributed by atoms with E-state index in [1.807, 2.05) is 18.2 Å². The molecule has 8 nitrogen and oxygen atoms in total. The number of benzene rings is 2. The lowest BCUT2D eigenvalue weighted by atomic mass is 10.1. The number of methoxy groups -OCH3 is 1. The smallest absolute Gasteiger partial charge is 0.328 e. The van der Waals surface area contributed by atoms with Crippen molar-refractivity contribution in [1.29, 1.82) is 0 Å². The average molecular weight is 394 g/mol. The SMILES string of the molecule is COc1ccc(N2C(=O)C[C@H](NCc3ccc4c(c3)n(C)c(=O)n4C)C2=O)cc1. The molecule has 1 aliphatic rings. The Labute approximate surface area is 167 Å². The highest BCUT2D eigenvalue weighted by molar-refractivity contribution is 6.22. The van der Waals surface area contributed by atoms with Crippen LogP contribution in [0.25, 0.3) is 11.0 Å². The number of hydrogen-bond acceptors (Lipinski definition) is 5. The lowest BCUT2D eigenvalue weighted by molar-refractivity contribution is -0.121. The number of anilines is 1. The van der Waals surface area contributed by atoms with Crippen molar-refractivity contribution in [2.45, 2.75) is 19.0 Å². The summed E-state index contributed by atoms with van der Waals surface area (Å²) in [6.07, 6.45) is 0.108. The number of aromatic nitrogens is 2. The maximum atomic E-state index is 12.8. The Morgan fingerprint density at radius 3 is 2.38 bits per heavy atom. The Kier molecular flexibility index (Phi) is 4.71. The molecule has 1 atom stereocenters. The largest absolute Gasteiger partial charge is 0.497 e. The Morgan fingerprint density at radius 2 is 1.69 bits per heavy atom. The second kappa shape index (κ2) is 7.21. The monoisotopic (exact) mass is 394 g/mol. The Morgan fingerprint density at radius 1 is 1.00 bits per heavy atom. The molecule has 0 radical (unpaired) electrons. The summed E-state index contributed by atoms with van der Waals surface area (Å²) in [6, 6.07) is 12.0. The summed E-state index contributed by atoms with van der Waals surface area (Å²) >= 11 is 0. The molecule has 2 aromatic carbocycles. The standard InChI is InChI=1S/C21H22N4O4/c1-23-17-9-4-13(10-18(17)24(2)21(23)28)12-22-16-11-19(26)25(20(16)27)14-5-7-15(29-3)8-6-14/h4-10,16,22H,11-12H2,1-3H3/t16-/m0/s1. The van der Waals surface area contributed by atoms with Gasteiger partial charge < -0.3 is 10.1 Å². The highest BCUT2D eigenvalue weighted by Gasteiger charge is 2.39. The van der Waals surface area contributed by atoms with Gasteiger partial charge in [0.25, 0.3) is 5.91 Å². The quantitative estimate of drug-likeness (QED) is 0.660. The molecule has 1 aliphatic heterocycles. The minimum atomic E-state index is -0.583. The van der Waals surface area contributed by atoms with Crippen LogP contribution < -0.4 is 20.6 Å². The molecule has 0 bridgehead atoms. The zero-order chi connectivity index (χ0) is 20.7. The molecular weight excluding hydrogens is 372 g/mol. The predicted molar refractivity (Wildman–Crippen MR) is 109 cm³/mol. The van der Waals surface area contributed by atoms with Gasteiger partial charge in [-0.05, 0) is 42.0 Å². The van der Waals surface area contributed by atoms with Gasteiger partial charge in [-0.15, -0.1) is 0 Å². The van der Waals surface area contributed by atoms with Crippen molar-refractivity contribution in [3.05, 3.63) is 58.5 Å². The van der Waals surface area contributed by atoms with Gasteiger partial charge in [-0.2, -0.15) is 0 Å². The Hall–Kier alpha value is -3.39. The molecule has 4 rings (SSSR count). The van der Waals surface area contributed by atoms with Gasteiger partial charge in [-0.25, -0.2) is 9.69 Å². The summed E-state index contributed by atoms with van der Waals surface area (Å²) in [5.74, 6) is 0.153. The predicted octanol–water partition coefficient (Wildman–Crippen LogP) is 1.31. The van der Waals surface area contributed by atoms with Gasteiger partial charge in [0.2, 0.25) is 5.91 Å². The molecule has 1 aromatic heterocycles. The number of nitrogens with zero attached hydrogens (tertiary/aromatic N) is 3. The number of aryl methyl sites for hydroxylation is 2. The second-order valence-corrected chi connectivity index (χ2v) is 7.13.